The normalized spacial score (nSPS) is 32.5. The molecule has 2 heterocycles. The number of carbonyl (C=O) groups excluding carboxylic acids is 1. The van der Waals surface area contributed by atoms with Crippen molar-refractivity contribution < 1.29 is 14.3 Å². The van der Waals surface area contributed by atoms with Gasteiger partial charge in [0.05, 0.1) is 18.9 Å². The summed E-state index contributed by atoms with van der Waals surface area (Å²) in [6, 6.07) is 0.113. The molecule has 102 valence electrons. The predicted octanol–water partition coefficient (Wildman–Crippen LogP) is 0.256. The summed E-state index contributed by atoms with van der Waals surface area (Å²) in [5, 5.41) is 3.04. The van der Waals surface area contributed by atoms with E-state index in [0.29, 0.717) is 18.2 Å². The van der Waals surface area contributed by atoms with Crippen molar-refractivity contribution in [3.8, 4) is 0 Å². The number of carbonyl (C=O) groups is 1. The molecule has 19 heavy (non-hydrogen) atoms. The average molecular weight is 263 g/mol. The lowest BCUT2D eigenvalue weighted by molar-refractivity contribution is -0.0810. The first-order chi connectivity index (χ1) is 9.31. The summed E-state index contributed by atoms with van der Waals surface area (Å²) in [4.78, 5) is 20.0. The number of fused-ring (bicyclic) bond motifs is 1. The molecule has 1 aromatic heterocycles. The van der Waals surface area contributed by atoms with E-state index in [1.807, 2.05) is 0 Å². The maximum atomic E-state index is 12.1. The molecular weight excluding hydrogens is 246 g/mol. The molecule has 1 saturated carbocycles. The molecule has 0 spiro atoms. The third-order valence-corrected chi connectivity index (χ3v) is 3.98. The number of hydrogen-bond donors (Lipinski definition) is 1. The van der Waals surface area contributed by atoms with Crippen molar-refractivity contribution in [3.63, 3.8) is 0 Å². The number of rotatable bonds is 4. The Kier molecular flexibility index (Phi) is 3.44. The highest BCUT2D eigenvalue weighted by Gasteiger charge is 2.54. The van der Waals surface area contributed by atoms with Gasteiger partial charge in [-0.3, -0.25) is 9.78 Å². The van der Waals surface area contributed by atoms with Gasteiger partial charge in [0.2, 0.25) is 0 Å². The summed E-state index contributed by atoms with van der Waals surface area (Å²) in [6.45, 7) is 1.37. The second-order valence-electron chi connectivity index (χ2n) is 5.00. The van der Waals surface area contributed by atoms with E-state index in [-0.39, 0.29) is 24.0 Å². The second-order valence-corrected chi connectivity index (χ2v) is 5.00. The van der Waals surface area contributed by atoms with Crippen LogP contribution in [0.1, 0.15) is 16.9 Å². The van der Waals surface area contributed by atoms with E-state index in [1.165, 1.54) is 12.4 Å². The van der Waals surface area contributed by atoms with E-state index in [2.05, 4.69) is 15.3 Å². The molecule has 1 aromatic rings. The minimum Gasteiger partial charge on any atom is -0.384 e. The van der Waals surface area contributed by atoms with Crippen LogP contribution in [0, 0.1) is 11.8 Å². The molecular formula is C13H17N3O3. The molecule has 1 aliphatic heterocycles. The fourth-order valence-corrected chi connectivity index (χ4v) is 3.08. The maximum Gasteiger partial charge on any atom is 0.271 e. The van der Waals surface area contributed by atoms with Crippen molar-refractivity contribution in [2.75, 3.05) is 20.3 Å². The lowest BCUT2D eigenvalue weighted by atomic mass is 9.67. The number of amides is 1. The highest BCUT2D eigenvalue weighted by atomic mass is 16.5. The lowest BCUT2D eigenvalue weighted by Crippen LogP contribution is -2.62. The molecule has 0 unspecified atom stereocenters. The minimum atomic E-state index is -0.176. The zero-order valence-corrected chi connectivity index (χ0v) is 10.8. The van der Waals surface area contributed by atoms with Gasteiger partial charge >= 0.3 is 0 Å². The number of aromatic nitrogens is 2. The van der Waals surface area contributed by atoms with Crippen molar-refractivity contribution >= 4 is 5.91 Å². The van der Waals surface area contributed by atoms with Gasteiger partial charge in [-0.2, -0.15) is 0 Å². The molecule has 1 aliphatic carbocycles. The van der Waals surface area contributed by atoms with Gasteiger partial charge in [0.15, 0.2) is 0 Å². The Morgan fingerprint density at radius 3 is 3.21 bits per heavy atom. The van der Waals surface area contributed by atoms with E-state index >= 15 is 0 Å². The highest BCUT2D eigenvalue weighted by Crippen LogP contribution is 2.43. The highest BCUT2D eigenvalue weighted by molar-refractivity contribution is 5.92. The zero-order chi connectivity index (χ0) is 13.2. The van der Waals surface area contributed by atoms with Crippen molar-refractivity contribution in [1.82, 2.24) is 15.3 Å². The van der Waals surface area contributed by atoms with E-state index in [1.54, 1.807) is 13.3 Å². The fraction of sp³-hybridized carbons (Fsp3) is 0.615. The molecule has 6 heteroatoms. The lowest BCUT2D eigenvalue weighted by Gasteiger charge is -2.47. The first kappa shape index (κ1) is 12.5. The summed E-state index contributed by atoms with van der Waals surface area (Å²) in [5.41, 5.74) is 0.348. The number of hydrogen-bond acceptors (Lipinski definition) is 5. The fourth-order valence-electron chi connectivity index (χ4n) is 3.08. The summed E-state index contributed by atoms with van der Waals surface area (Å²) in [6.07, 6.45) is 5.77. The third-order valence-electron chi connectivity index (χ3n) is 3.98. The van der Waals surface area contributed by atoms with E-state index in [4.69, 9.17) is 9.47 Å². The van der Waals surface area contributed by atoms with E-state index < -0.39 is 0 Å². The number of ether oxygens (including phenoxy) is 2. The SMILES string of the molecule is COC[C@H]1[C@@H](NC(=O)c2cnccn2)[C@@H]2CCO[C@@H]21. The van der Waals surface area contributed by atoms with Crippen molar-refractivity contribution in [2.24, 2.45) is 11.8 Å². The van der Waals surface area contributed by atoms with Gasteiger partial charge in [-0.1, -0.05) is 0 Å². The molecule has 1 amide bonds. The van der Waals surface area contributed by atoms with Crippen LogP contribution in [0.15, 0.2) is 18.6 Å². The van der Waals surface area contributed by atoms with Gasteiger partial charge in [-0.05, 0) is 6.42 Å². The molecule has 0 bridgehead atoms. The Bertz CT molecular complexity index is 454. The molecule has 4 atom stereocenters. The molecule has 3 rings (SSSR count). The second kappa shape index (κ2) is 5.22. The van der Waals surface area contributed by atoms with Crippen LogP contribution in [0.2, 0.25) is 0 Å². The van der Waals surface area contributed by atoms with Crippen LogP contribution in [0.4, 0.5) is 0 Å². The van der Waals surface area contributed by atoms with Gasteiger partial charge in [0.25, 0.3) is 5.91 Å². The van der Waals surface area contributed by atoms with Crippen LogP contribution in [0.5, 0.6) is 0 Å². The maximum absolute atomic E-state index is 12.1. The first-order valence-electron chi connectivity index (χ1n) is 6.48. The van der Waals surface area contributed by atoms with Gasteiger partial charge in [-0.15, -0.1) is 0 Å². The van der Waals surface area contributed by atoms with Crippen LogP contribution in [-0.2, 0) is 9.47 Å². The van der Waals surface area contributed by atoms with Crippen LogP contribution in [0.25, 0.3) is 0 Å². The summed E-state index contributed by atoms with van der Waals surface area (Å²) < 4.78 is 10.9. The first-order valence-corrected chi connectivity index (χ1v) is 6.48. The van der Waals surface area contributed by atoms with E-state index in [0.717, 1.165) is 13.0 Å². The van der Waals surface area contributed by atoms with Gasteiger partial charge < -0.3 is 14.8 Å². The summed E-state index contributed by atoms with van der Waals surface area (Å²) >= 11 is 0. The molecule has 1 saturated heterocycles. The molecule has 0 radical (unpaired) electrons. The average Bonchev–Trinajstić information content (AvgIpc) is 2.87. The largest absolute Gasteiger partial charge is 0.384 e. The third kappa shape index (κ3) is 2.21. The summed E-state index contributed by atoms with van der Waals surface area (Å²) in [5.74, 6) is 0.462. The van der Waals surface area contributed by atoms with Crippen LogP contribution < -0.4 is 5.32 Å². The van der Waals surface area contributed by atoms with Gasteiger partial charge in [0, 0.05) is 44.0 Å². The molecule has 0 aromatic carbocycles. The predicted molar refractivity (Wildman–Crippen MR) is 66.5 cm³/mol. The Labute approximate surface area is 111 Å². The number of nitrogens with zero attached hydrogens (tertiary/aromatic N) is 2. The van der Waals surface area contributed by atoms with E-state index in [9.17, 15) is 4.79 Å². The Balaban J connectivity index is 1.67. The Morgan fingerprint density at radius 1 is 1.58 bits per heavy atom. The number of methoxy groups -OCH3 is 1. The molecule has 1 N–H and O–H groups in total. The number of nitrogens with one attached hydrogen (secondary N) is 1. The molecule has 2 fully saturated rings. The van der Waals surface area contributed by atoms with Crippen LogP contribution in [0.3, 0.4) is 0 Å². The van der Waals surface area contributed by atoms with Crippen molar-refractivity contribution in [3.05, 3.63) is 24.3 Å². The van der Waals surface area contributed by atoms with Crippen LogP contribution in [-0.4, -0.2) is 48.3 Å². The quantitative estimate of drug-likeness (QED) is 0.843. The smallest absolute Gasteiger partial charge is 0.271 e. The van der Waals surface area contributed by atoms with Crippen LogP contribution >= 0.6 is 0 Å². The monoisotopic (exact) mass is 263 g/mol. The summed E-state index contributed by atoms with van der Waals surface area (Å²) in [7, 11) is 1.67. The Hall–Kier alpha value is -1.53. The van der Waals surface area contributed by atoms with Gasteiger partial charge in [-0.25, -0.2) is 4.98 Å². The topological polar surface area (TPSA) is 73.3 Å². The molecule has 2 aliphatic rings. The van der Waals surface area contributed by atoms with Crippen molar-refractivity contribution in [1.29, 1.82) is 0 Å². The zero-order valence-electron chi connectivity index (χ0n) is 10.8. The molecule has 6 nitrogen and oxygen atoms in total. The Morgan fingerprint density at radius 2 is 2.47 bits per heavy atom. The van der Waals surface area contributed by atoms with Crippen molar-refractivity contribution in [2.45, 2.75) is 18.6 Å². The standard InChI is InChI=1S/C13H17N3O3/c1-18-7-9-11(8-2-5-19-12(8)9)16-13(17)10-6-14-3-4-15-10/h3-4,6,8-9,11-12H,2,5,7H2,1H3,(H,16,17)/t8-,9-,11-,12-/m0/s1. The minimum absolute atomic E-state index is 0.113. The van der Waals surface area contributed by atoms with Gasteiger partial charge in [0.1, 0.15) is 5.69 Å².